The molecule has 8 heteroatoms. The number of halogens is 3. The Morgan fingerprint density at radius 1 is 1.00 bits per heavy atom. The Hall–Kier alpha value is -3.36. The number of carbonyl (C=O) groups is 1. The third-order valence-electron chi connectivity index (χ3n) is 5.28. The summed E-state index contributed by atoms with van der Waals surface area (Å²) >= 11 is 1.58. The van der Waals surface area contributed by atoms with Crippen molar-refractivity contribution in [2.45, 2.75) is 12.7 Å². The van der Waals surface area contributed by atoms with Crippen LogP contribution in [0.3, 0.4) is 0 Å². The van der Waals surface area contributed by atoms with Crippen LogP contribution in [0, 0.1) is 0 Å². The van der Waals surface area contributed by atoms with Crippen molar-refractivity contribution in [2.24, 2.45) is 0 Å². The topological polar surface area (TPSA) is 50.4 Å². The largest absolute Gasteiger partial charge is 0.416 e. The Kier molecular flexibility index (Phi) is 7.19. The van der Waals surface area contributed by atoms with Gasteiger partial charge >= 0.3 is 6.18 Å². The van der Waals surface area contributed by atoms with Crippen molar-refractivity contribution in [1.29, 1.82) is 0 Å². The van der Waals surface area contributed by atoms with Gasteiger partial charge in [0.1, 0.15) is 0 Å². The summed E-state index contributed by atoms with van der Waals surface area (Å²) in [5.74, 6) is -0.164. The van der Waals surface area contributed by atoms with E-state index in [1.165, 1.54) is 6.07 Å². The van der Waals surface area contributed by atoms with E-state index in [0.717, 1.165) is 38.2 Å². The third-order valence-corrected chi connectivity index (χ3v) is 6.46. The van der Waals surface area contributed by atoms with Crippen LogP contribution in [0.25, 0.3) is 21.2 Å². The Labute approximate surface area is 199 Å². The Morgan fingerprint density at radius 2 is 1.79 bits per heavy atom. The lowest BCUT2D eigenvalue weighted by Gasteiger charge is -2.10. The highest BCUT2D eigenvalue weighted by molar-refractivity contribution is 7.19. The second-order valence-electron chi connectivity index (χ2n) is 7.70. The van der Waals surface area contributed by atoms with E-state index in [-0.39, 0.29) is 5.91 Å². The summed E-state index contributed by atoms with van der Waals surface area (Å²) in [4.78, 5) is 13.4. The average Bonchev–Trinajstić information content (AvgIpc) is 3.26. The molecule has 2 N–H and O–H groups in total. The smallest absolute Gasteiger partial charge is 0.383 e. The highest BCUT2D eigenvalue weighted by Gasteiger charge is 2.30. The van der Waals surface area contributed by atoms with Crippen LogP contribution in [-0.4, -0.2) is 26.2 Å². The number of thiophene rings is 1. The first-order valence-corrected chi connectivity index (χ1v) is 11.5. The fourth-order valence-corrected chi connectivity index (χ4v) is 4.76. The number of anilines is 1. The minimum Gasteiger partial charge on any atom is -0.383 e. The molecule has 4 nitrogen and oxygen atoms in total. The zero-order valence-corrected chi connectivity index (χ0v) is 19.2. The maximum absolute atomic E-state index is 13.0. The van der Waals surface area contributed by atoms with E-state index in [2.05, 4.69) is 10.6 Å². The highest BCUT2D eigenvalue weighted by Crippen LogP contribution is 2.36. The van der Waals surface area contributed by atoms with Crippen LogP contribution < -0.4 is 10.6 Å². The van der Waals surface area contributed by atoms with Crippen LogP contribution in [0.1, 0.15) is 20.8 Å². The van der Waals surface area contributed by atoms with Gasteiger partial charge in [-0.2, -0.15) is 13.2 Å². The quantitative estimate of drug-likeness (QED) is 0.278. The van der Waals surface area contributed by atoms with Crippen molar-refractivity contribution >= 4 is 33.0 Å². The van der Waals surface area contributed by atoms with E-state index in [1.807, 2.05) is 42.5 Å². The molecule has 0 atom stereocenters. The fraction of sp³-hybridized carbons (Fsp3) is 0.192. The lowest BCUT2D eigenvalue weighted by molar-refractivity contribution is -0.137. The van der Waals surface area contributed by atoms with Crippen molar-refractivity contribution in [3.8, 4) is 11.1 Å². The van der Waals surface area contributed by atoms with Crippen molar-refractivity contribution in [1.82, 2.24) is 5.32 Å². The molecule has 3 aromatic carbocycles. The normalized spacial score (nSPS) is 11.5. The second kappa shape index (κ2) is 10.3. The van der Waals surface area contributed by atoms with E-state index in [1.54, 1.807) is 30.6 Å². The zero-order chi connectivity index (χ0) is 24.1. The van der Waals surface area contributed by atoms with E-state index in [0.29, 0.717) is 30.9 Å². The molecule has 34 heavy (non-hydrogen) atoms. The number of rotatable bonds is 8. The van der Waals surface area contributed by atoms with E-state index >= 15 is 0 Å². The molecule has 0 aliphatic rings. The number of hydrogen-bond donors (Lipinski definition) is 2. The van der Waals surface area contributed by atoms with Gasteiger partial charge < -0.3 is 15.4 Å². The molecule has 4 aromatic rings. The predicted molar refractivity (Wildman–Crippen MR) is 130 cm³/mol. The number of alkyl halides is 3. The number of fused-ring (bicyclic) bond motifs is 1. The van der Waals surface area contributed by atoms with E-state index < -0.39 is 11.7 Å². The monoisotopic (exact) mass is 484 g/mol. The number of hydrogen-bond acceptors (Lipinski definition) is 4. The van der Waals surface area contributed by atoms with E-state index in [9.17, 15) is 18.0 Å². The molecule has 0 aliphatic heterocycles. The molecule has 176 valence electrons. The number of ether oxygens (including phenoxy) is 1. The summed E-state index contributed by atoms with van der Waals surface area (Å²) in [6.45, 7) is 1.28. The molecular formula is C26H23F3N2O2S. The van der Waals surface area contributed by atoms with Gasteiger partial charge in [0.25, 0.3) is 5.91 Å². The average molecular weight is 485 g/mol. The van der Waals surface area contributed by atoms with Gasteiger partial charge in [-0.15, -0.1) is 11.3 Å². The van der Waals surface area contributed by atoms with Crippen LogP contribution in [0.4, 0.5) is 18.9 Å². The predicted octanol–water partition coefficient (Wildman–Crippen LogP) is 6.58. The van der Waals surface area contributed by atoms with Crippen molar-refractivity contribution in [3.63, 3.8) is 0 Å². The molecule has 0 spiro atoms. The van der Waals surface area contributed by atoms with Gasteiger partial charge in [-0.05, 0) is 52.9 Å². The van der Waals surface area contributed by atoms with Crippen LogP contribution in [0.15, 0.2) is 72.8 Å². The number of amides is 1. The lowest BCUT2D eigenvalue weighted by Crippen LogP contribution is -2.26. The Bertz CT molecular complexity index is 1300. The summed E-state index contributed by atoms with van der Waals surface area (Å²) in [6, 6.07) is 20.6. The molecule has 1 aromatic heterocycles. The van der Waals surface area contributed by atoms with Gasteiger partial charge in [0.2, 0.25) is 0 Å². The minimum atomic E-state index is -4.38. The zero-order valence-electron chi connectivity index (χ0n) is 18.4. The first-order chi connectivity index (χ1) is 16.3. The van der Waals surface area contributed by atoms with Crippen molar-refractivity contribution < 1.29 is 22.7 Å². The minimum absolute atomic E-state index is 0.164. The number of benzene rings is 3. The molecule has 0 saturated heterocycles. The van der Waals surface area contributed by atoms with Gasteiger partial charge in [0.05, 0.1) is 12.2 Å². The Balaban J connectivity index is 1.55. The molecular weight excluding hydrogens is 461 g/mol. The van der Waals surface area contributed by atoms with Crippen LogP contribution >= 0.6 is 11.3 Å². The van der Waals surface area contributed by atoms with Gasteiger partial charge in [-0.25, -0.2) is 0 Å². The maximum Gasteiger partial charge on any atom is 0.416 e. The van der Waals surface area contributed by atoms with Gasteiger partial charge in [0, 0.05) is 41.0 Å². The number of nitrogens with one attached hydrogen (secondary N) is 2. The summed E-state index contributed by atoms with van der Waals surface area (Å²) in [5.41, 5.74) is 2.22. The molecule has 1 amide bonds. The summed E-state index contributed by atoms with van der Waals surface area (Å²) in [6.07, 6.45) is -4.38. The molecule has 0 aliphatic carbocycles. The molecule has 1 heterocycles. The molecule has 0 unspecified atom stereocenters. The highest BCUT2D eigenvalue weighted by atomic mass is 32.1. The summed E-state index contributed by atoms with van der Waals surface area (Å²) in [7, 11) is 1.58. The summed E-state index contributed by atoms with van der Waals surface area (Å²) in [5, 5.41) is 6.95. The standard InChI is InChI=1S/C26H23F3N2O2S/c1-33-12-11-30-25(32)19-7-2-5-17(13-19)23-10-3-6-18-14-22(34-24(18)23)16-31-21-9-4-8-20(15-21)26(27,28)29/h2-10,13-15,31H,11-12,16H2,1H3,(H,30,32). The Morgan fingerprint density at radius 3 is 2.59 bits per heavy atom. The van der Waals surface area contributed by atoms with Crippen molar-refractivity contribution in [2.75, 3.05) is 25.6 Å². The first-order valence-electron chi connectivity index (χ1n) is 10.7. The SMILES string of the molecule is COCCNC(=O)c1cccc(-c2cccc3cc(CNc4cccc(C(F)(F)F)c4)sc23)c1. The van der Waals surface area contributed by atoms with Crippen LogP contribution in [-0.2, 0) is 17.5 Å². The van der Waals surface area contributed by atoms with Crippen molar-refractivity contribution in [3.05, 3.63) is 88.8 Å². The third kappa shape index (κ3) is 5.58. The van der Waals surface area contributed by atoms with Gasteiger partial charge in [-0.3, -0.25) is 4.79 Å². The van der Waals surface area contributed by atoms with Gasteiger partial charge in [-0.1, -0.05) is 36.4 Å². The van der Waals surface area contributed by atoms with Gasteiger partial charge in [0.15, 0.2) is 0 Å². The van der Waals surface area contributed by atoms with Crippen LogP contribution in [0.5, 0.6) is 0 Å². The second-order valence-corrected chi connectivity index (χ2v) is 8.84. The number of methoxy groups -OCH3 is 1. The maximum atomic E-state index is 13.0. The first kappa shape index (κ1) is 23.8. The summed E-state index contributed by atoms with van der Waals surface area (Å²) < 4.78 is 45.0. The number of carbonyl (C=O) groups excluding carboxylic acids is 1. The molecule has 0 radical (unpaired) electrons. The lowest BCUT2D eigenvalue weighted by atomic mass is 10.0. The van der Waals surface area contributed by atoms with E-state index in [4.69, 9.17) is 4.74 Å². The molecule has 0 fully saturated rings. The van der Waals surface area contributed by atoms with Crippen LogP contribution in [0.2, 0.25) is 0 Å². The fourth-order valence-electron chi connectivity index (χ4n) is 3.62. The molecule has 4 rings (SSSR count). The molecule has 0 saturated carbocycles. The molecule has 0 bridgehead atoms.